The lowest BCUT2D eigenvalue weighted by Gasteiger charge is -2.44. The average molecular weight is 672 g/mol. The number of terminal acetylenes is 1. The summed E-state index contributed by atoms with van der Waals surface area (Å²) >= 11 is 0. The molecule has 48 heavy (non-hydrogen) atoms. The second-order valence-corrected chi connectivity index (χ2v) is 17.3. The Bertz CT molecular complexity index is 1750. The zero-order valence-corrected chi connectivity index (χ0v) is 29.0. The summed E-state index contributed by atoms with van der Waals surface area (Å²) in [5.41, 5.74) is -1.23. The second kappa shape index (κ2) is 14.4. The molecule has 0 bridgehead atoms. The van der Waals surface area contributed by atoms with Gasteiger partial charge in [-0.05, 0) is 28.3 Å². The minimum Gasteiger partial charge on any atom is -0.458 e. The number of amides is 1. The molecule has 0 saturated carbocycles. The van der Waals surface area contributed by atoms with Crippen molar-refractivity contribution in [3.05, 3.63) is 73.1 Å². The molecule has 0 aliphatic carbocycles. The normalized spacial score (nSPS) is 19.6. The number of aromatic nitrogens is 4. The van der Waals surface area contributed by atoms with Crippen molar-refractivity contribution < 1.29 is 27.9 Å². The van der Waals surface area contributed by atoms with Crippen LogP contribution in [0.3, 0.4) is 0 Å². The van der Waals surface area contributed by atoms with E-state index in [1.54, 1.807) is 0 Å². The van der Waals surface area contributed by atoms with Gasteiger partial charge in [0.25, 0.3) is 8.32 Å². The van der Waals surface area contributed by atoms with Gasteiger partial charge in [0.1, 0.15) is 12.3 Å². The number of hydrogen-bond donors (Lipinski definition) is 1. The molecule has 3 heterocycles. The summed E-state index contributed by atoms with van der Waals surface area (Å²) in [6.07, 6.45) is 6.67. The van der Waals surface area contributed by atoms with Crippen LogP contribution < -0.4 is 15.7 Å². The Morgan fingerprint density at radius 2 is 1.69 bits per heavy atom. The Morgan fingerprint density at radius 3 is 2.25 bits per heavy atom. The maximum absolute atomic E-state index is 14.7. The predicted molar refractivity (Wildman–Crippen MR) is 183 cm³/mol. The van der Waals surface area contributed by atoms with Gasteiger partial charge in [0, 0.05) is 19.3 Å². The topological polar surface area (TPSA) is 117 Å². The number of benzene rings is 2. The van der Waals surface area contributed by atoms with E-state index in [1.807, 2.05) is 50.2 Å². The molecule has 0 radical (unpaired) electrons. The molecule has 5 rings (SSSR count). The van der Waals surface area contributed by atoms with Crippen molar-refractivity contribution in [1.29, 1.82) is 0 Å². The van der Waals surface area contributed by atoms with Crippen LogP contribution in [-0.2, 0) is 23.5 Å². The van der Waals surface area contributed by atoms with Crippen LogP contribution in [0.1, 0.15) is 73.0 Å². The molecule has 1 fully saturated rings. The zero-order chi connectivity index (χ0) is 34.5. The molecule has 1 amide bonds. The Balaban J connectivity index is 1.57. The van der Waals surface area contributed by atoms with Crippen molar-refractivity contribution in [2.45, 2.75) is 89.7 Å². The molecule has 3 atom stereocenters. The Labute approximate surface area is 281 Å². The predicted octanol–water partition coefficient (Wildman–Crippen LogP) is 5.28. The monoisotopic (exact) mass is 671 g/mol. The third-order valence-corrected chi connectivity index (χ3v) is 13.6. The Kier molecular flexibility index (Phi) is 10.4. The molecule has 252 valence electrons. The van der Waals surface area contributed by atoms with Crippen LogP contribution in [0.2, 0.25) is 5.04 Å². The van der Waals surface area contributed by atoms with Gasteiger partial charge in [0.15, 0.2) is 22.6 Å². The summed E-state index contributed by atoms with van der Waals surface area (Å²) < 4.78 is 36.1. The van der Waals surface area contributed by atoms with E-state index in [0.29, 0.717) is 12.8 Å². The fourth-order valence-corrected chi connectivity index (χ4v) is 10.9. The highest BCUT2D eigenvalue weighted by Gasteiger charge is 2.56. The van der Waals surface area contributed by atoms with Crippen LogP contribution in [0.5, 0.6) is 0 Å². The minimum atomic E-state index is -3.08. The summed E-state index contributed by atoms with van der Waals surface area (Å²) in [5.74, 6) is 2.02. The first kappa shape index (κ1) is 34.9. The zero-order valence-electron chi connectivity index (χ0n) is 28.0. The van der Waals surface area contributed by atoms with Crippen molar-refractivity contribution in [3.8, 4) is 12.3 Å². The third kappa shape index (κ3) is 6.76. The number of esters is 1. The van der Waals surface area contributed by atoms with Gasteiger partial charge in [-0.1, -0.05) is 101 Å². The number of rotatable bonds is 12. The van der Waals surface area contributed by atoms with Crippen molar-refractivity contribution in [1.82, 2.24) is 19.5 Å². The summed E-state index contributed by atoms with van der Waals surface area (Å²) in [6.45, 7) is 10.1. The van der Waals surface area contributed by atoms with Gasteiger partial charge in [-0.25, -0.2) is 4.98 Å². The SMILES string of the molecule is C#C[C@]1(CO[Si](c2ccccc2)(c2ccccc2)C(C)(C)C)O[C@@H](n2cnc3c(NC(=O)CCC)nc(F)nc32)C[C@@H]1OC(=O)CCC. The number of hydrogen-bond acceptors (Lipinski definition) is 8. The van der Waals surface area contributed by atoms with Crippen LogP contribution in [0.15, 0.2) is 67.0 Å². The molecule has 1 N–H and O–H groups in total. The smallest absolute Gasteiger partial charge is 0.312 e. The van der Waals surface area contributed by atoms with Crippen LogP contribution in [0.4, 0.5) is 10.2 Å². The third-order valence-electron chi connectivity index (χ3n) is 8.61. The highest BCUT2D eigenvalue weighted by atomic mass is 28.4. The van der Waals surface area contributed by atoms with Crippen molar-refractivity contribution in [2.75, 3.05) is 11.9 Å². The Hall–Kier alpha value is -4.44. The van der Waals surface area contributed by atoms with Gasteiger partial charge < -0.3 is 19.2 Å². The summed E-state index contributed by atoms with van der Waals surface area (Å²) in [7, 11) is -3.08. The molecule has 10 nitrogen and oxygen atoms in total. The van der Waals surface area contributed by atoms with Gasteiger partial charge in [0.2, 0.25) is 5.91 Å². The van der Waals surface area contributed by atoms with Gasteiger partial charge in [0.05, 0.1) is 12.9 Å². The maximum atomic E-state index is 14.7. The number of ether oxygens (including phenoxy) is 2. The standard InChI is InChI=1S/C36H42FN5O5Si/c1-7-16-28(43)39-32-31-33(41-34(37)40-32)42(24-38-31)29-22-27(46-30(44)17-8-2)36(9-3,47-29)23-45-48(35(4,5)6,25-18-12-10-13-19-25)26-20-14-11-15-21-26/h3,10-15,18-21,24,27,29H,7-8,16-17,22-23H2,1-2,4-6H3,(H,39,40,41,43)/t27-,29+,36+/m0/s1. The molecule has 1 aliphatic heterocycles. The molecule has 1 aliphatic rings. The Morgan fingerprint density at radius 1 is 1.06 bits per heavy atom. The molecule has 12 heteroatoms. The fraction of sp³-hybridized carbons (Fsp3) is 0.417. The molecule has 2 aromatic carbocycles. The van der Waals surface area contributed by atoms with E-state index in [1.165, 1.54) is 10.9 Å². The largest absolute Gasteiger partial charge is 0.458 e. The molecule has 2 aromatic heterocycles. The first-order chi connectivity index (χ1) is 23.0. The fourth-order valence-electron chi connectivity index (χ4n) is 6.36. The van der Waals surface area contributed by atoms with Gasteiger partial charge in [-0.15, -0.1) is 6.42 Å². The van der Waals surface area contributed by atoms with Crippen LogP contribution in [0, 0.1) is 18.4 Å². The average Bonchev–Trinajstić information content (AvgIpc) is 3.63. The minimum absolute atomic E-state index is 0.0446. The summed E-state index contributed by atoms with van der Waals surface area (Å²) in [5, 5.41) is 4.37. The van der Waals surface area contributed by atoms with Crippen LogP contribution >= 0.6 is 0 Å². The highest BCUT2D eigenvalue weighted by Crippen LogP contribution is 2.43. The molecular weight excluding hydrogens is 630 g/mol. The molecule has 4 aromatic rings. The highest BCUT2D eigenvalue weighted by molar-refractivity contribution is 6.99. The van der Waals surface area contributed by atoms with Crippen molar-refractivity contribution in [3.63, 3.8) is 0 Å². The van der Waals surface area contributed by atoms with Gasteiger partial charge in [-0.2, -0.15) is 14.4 Å². The van der Waals surface area contributed by atoms with Crippen molar-refractivity contribution in [2.24, 2.45) is 0 Å². The van der Waals surface area contributed by atoms with E-state index in [-0.39, 0.29) is 53.8 Å². The van der Waals surface area contributed by atoms with Crippen molar-refractivity contribution >= 4 is 47.5 Å². The van der Waals surface area contributed by atoms with Crippen LogP contribution in [0.25, 0.3) is 11.2 Å². The molecule has 0 unspecified atom stereocenters. The number of nitrogens with one attached hydrogen (secondary N) is 1. The molecular formula is C36H42FN5O5Si. The lowest BCUT2D eigenvalue weighted by atomic mass is 9.98. The number of imidazole rings is 1. The van der Waals surface area contributed by atoms with Gasteiger partial charge >= 0.3 is 12.0 Å². The number of anilines is 1. The van der Waals surface area contributed by atoms with Crippen LogP contribution in [-0.4, -0.2) is 58.0 Å². The van der Waals surface area contributed by atoms with E-state index in [2.05, 4.69) is 71.2 Å². The molecule has 1 saturated heterocycles. The number of halogens is 1. The van der Waals surface area contributed by atoms with E-state index >= 15 is 0 Å². The van der Waals surface area contributed by atoms with E-state index < -0.39 is 38.3 Å². The summed E-state index contributed by atoms with van der Waals surface area (Å²) in [6, 6.07) is 20.2. The summed E-state index contributed by atoms with van der Waals surface area (Å²) in [4.78, 5) is 37.5. The number of carbonyl (C=O) groups is 2. The first-order valence-electron chi connectivity index (χ1n) is 16.3. The second-order valence-electron chi connectivity index (χ2n) is 13.0. The number of carbonyl (C=O) groups excluding carboxylic acids is 2. The van der Waals surface area contributed by atoms with E-state index in [9.17, 15) is 14.0 Å². The quantitative estimate of drug-likeness (QED) is 0.0936. The van der Waals surface area contributed by atoms with E-state index in [0.717, 1.165) is 10.4 Å². The first-order valence-corrected chi connectivity index (χ1v) is 18.2. The lowest BCUT2D eigenvalue weighted by Crippen LogP contribution is -2.68. The number of nitrogens with zero attached hydrogens (tertiary/aromatic N) is 4. The van der Waals surface area contributed by atoms with Gasteiger partial charge in [-0.3, -0.25) is 14.2 Å². The number of fused-ring (bicyclic) bond motifs is 1. The van der Waals surface area contributed by atoms with E-state index in [4.69, 9.17) is 20.3 Å². The molecule has 0 spiro atoms. The lowest BCUT2D eigenvalue weighted by molar-refractivity contribution is -0.158. The maximum Gasteiger partial charge on any atom is 0.312 e.